The minimum Gasteiger partial charge on any atom is -0.493 e. The van der Waals surface area contributed by atoms with Crippen LogP contribution in [0, 0.1) is 0 Å². The summed E-state index contributed by atoms with van der Waals surface area (Å²) in [6.45, 7) is 0.151. The summed E-state index contributed by atoms with van der Waals surface area (Å²) in [5, 5.41) is 5.74. The maximum atomic E-state index is 11.7. The normalized spacial score (nSPS) is 20.6. The summed E-state index contributed by atoms with van der Waals surface area (Å²) in [7, 11) is 1.54. The van der Waals surface area contributed by atoms with E-state index in [0.29, 0.717) is 27.9 Å². The molecular formula is C11H10N2O4S. The lowest BCUT2D eigenvalue weighted by Gasteiger charge is -2.11. The van der Waals surface area contributed by atoms with Crippen LogP contribution in [0.5, 0.6) is 17.2 Å². The first kappa shape index (κ1) is 11.1. The van der Waals surface area contributed by atoms with E-state index in [1.165, 1.54) is 7.11 Å². The van der Waals surface area contributed by atoms with Crippen molar-refractivity contribution < 1.29 is 19.0 Å². The van der Waals surface area contributed by atoms with Crippen LogP contribution in [0.25, 0.3) is 0 Å². The first-order chi connectivity index (χ1) is 8.69. The van der Waals surface area contributed by atoms with E-state index in [-0.39, 0.29) is 12.7 Å². The lowest BCUT2D eigenvalue weighted by Crippen LogP contribution is -2.21. The van der Waals surface area contributed by atoms with Crippen molar-refractivity contribution in [1.82, 2.24) is 10.6 Å². The Morgan fingerprint density at radius 3 is 2.94 bits per heavy atom. The maximum absolute atomic E-state index is 11.7. The molecule has 1 aromatic carbocycles. The smallest absolute Gasteiger partial charge is 0.253 e. The Bertz CT molecular complexity index is 546. The Morgan fingerprint density at radius 2 is 2.28 bits per heavy atom. The van der Waals surface area contributed by atoms with Crippen LogP contribution in [0.2, 0.25) is 0 Å². The van der Waals surface area contributed by atoms with E-state index < -0.39 is 6.04 Å². The molecule has 6 nitrogen and oxygen atoms in total. The van der Waals surface area contributed by atoms with Gasteiger partial charge in [0.25, 0.3) is 5.91 Å². The van der Waals surface area contributed by atoms with E-state index in [4.69, 9.17) is 26.4 Å². The average Bonchev–Trinajstić information content (AvgIpc) is 2.93. The summed E-state index contributed by atoms with van der Waals surface area (Å²) in [5.41, 5.74) is 0.716. The Morgan fingerprint density at radius 1 is 1.44 bits per heavy atom. The van der Waals surface area contributed by atoms with Gasteiger partial charge in [-0.2, -0.15) is 0 Å². The zero-order valence-electron chi connectivity index (χ0n) is 9.48. The highest BCUT2D eigenvalue weighted by atomic mass is 32.1. The van der Waals surface area contributed by atoms with Crippen LogP contribution in [0.4, 0.5) is 0 Å². The van der Waals surface area contributed by atoms with Gasteiger partial charge in [-0.15, -0.1) is 0 Å². The van der Waals surface area contributed by atoms with Crippen molar-refractivity contribution in [2.45, 2.75) is 6.04 Å². The van der Waals surface area contributed by atoms with E-state index >= 15 is 0 Å². The second kappa shape index (κ2) is 4.02. The number of fused-ring (bicyclic) bond motifs is 1. The predicted molar refractivity (Wildman–Crippen MR) is 65.7 cm³/mol. The van der Waals surface area contributed by atoms with Crippen LogP contribution in [0.15, 0.2) is 12.1 Å². The van der Waals surface area contributed by atoms with Crippen LogP contribution in [-0.4, -0.2) is 24.9 Å². The molecule has 0 bridgehead atoms. The number of hydrogen-bond acceptors (Lipinski definition) is 5. The molecule has 7 heteroatoms. The Labute approximate surface area is 108 Å². The molecule has 1 saturated heterocycles. The maximum Gasteiger partial charge on any atom is 0.253 e. The Hall–Kier alpha value is -2.02. The van der Waals surface area contributed by atoms with Crippen LogP contribution in [-0.2, 0) is 4.79 Å². The third-order valence-corrected chi connectivity index (χ3v) is 3.01. The fourth-order valence-electron chi connectivity index (χ4n) is 1.97. The van der Waals surface area contributed by atoms with Gasteiger partial charge in [0.15, 0.2) is 16.6 Å². The van der Waals surface area contributed by atoms with Gasteiger partial charge in [0.1, 0.15) is 6.04 Å². The summed E-state index contributed by atoms with van der Waals surface area (Å²) in [5.74, 6) is 1.47. The van der Waals surface area contributed by atoms with Crippen LogP contribution in [0.3, 0.4) is 0 Å². The number of ether oxygens (including phenoxy) is 3. The Balaban J connectivity index is 2.03. The van der Waals surface area contributed by atoms with Gasteiger partial charge in [0.2, 0.25) is 12.5 Å². The molecule has 2 N–H and O–H groups in total. The molecule has 1 fully saturated rings. The van der Waals surface area contributed by atoms with Gasteiger partial charge >= 0.3 is 0 Å². The highest BCUT2D eigenvalue weighted by Gasteiger charge is 2.31. The molecule has 2 aliphatic heterocycles. The number of carbonyl (C=O) groups is 1. The largest absolute Gasteiger partial charge is 0.493 e. The Kier molecular flexibility index (Phi) is 2.48. The topological polar surface area (TPSA) is 68.8 Å². The van der Waals surface area contributed by atoms with E-state index in [1.807, 2.05) is 0 Å². The second-order valence-electron chi connectivity index (χ2n) is 3.85. The monoisotopic (exact) mass is 266 g/mol. The lowest BCUT2D eigenvalue weighted by atomic mass is 10.1. The molecule has 1 atom stereocenters. The van der Waals surface area contributed by atoms with E-state index in [1.54, 1.807) is 12.1 Å². The van der Waals surface area contributed by atoms with Gasteiger partial charge in [-0.1, -0.05) is 0 Å². The van der Waals surface area contributed by atoms with Gasteiger partial charge in [-0.25, -0.2) is 0 Å². The molecule has 2 aliphatic rings. The lowest BCUT2D eigenvalue weighted by molar-refractivity contribution is -0.120. The number of nitrogens with one attached hydrogen (secondary N) is 2. The van der Waals surface area contributed by atoms with E-state index in [2.05, 4.69) is 10.6 Å². The van der Waals surface area contributed by atoms with Crippen molar-refractivity contribution in [2.75, 3.05) is 13.9 Å². The molecule has 0 spiro atoms. The van der Waals surface area contributed by atoms with E-state index in [9.17, 15) is 4.79 Å². The number of amides is 1. The first-order valence-electron chi connectivity index (χ1n) is 5.28. The molecule has 2 heterocycles. The van der Waals surface area contributed by atoms with Crippen molar-refractivity contribution in [3.05, 3.63) is 17.7 Å². The zero-order valence-corrected chi connectivity index (χ0v) is 10.3. The number of benzene rings is 1. The summed E-state index contributed by atoms with van der Waals surface area (Å²) in [4.78, 5) is 11.7. The zero-order chi connectivity index (χ0) is 12.7. The third kappa shape index (κ3) is 1.63. The van der Waals surface area contributed by atoms with Gasteiger partial charge < -0.3 is 24.8 Å². The minimum absolute atomic E-state index is 0.151. The third-order valence-electron chi connectivity index (χ3n) is 2.79. The number of methoxy groups -OCH3 is 1. The number of thiocarbonyl (C=S) groups is 1. The standard InChI is InChI=1S/C11H10N2O4S/c1-15-6-2-5(3-7-9(6)17-4-16-7)8-10(14)13-11(18)12-8/h2-3,8H,4H2,1H3,(H2,12,13,14,18). The summed E-state index contributed by atoms with van der Waals surface area (Å²) in [6.07, 6.45) is 0. The van der Waals surface area contributed by atoms with Crippen LogP contribution in [0.1, 0.15) is 11.6 Å². The molecule has 0 aromatic heterocycles. The van der Waals surface area contributed by atoms with Crippen molar-refractivity contribution >= 4 is 23.2 Å². The number of rotatable bonds is 2. The average molecular weight is 266 g/mol. The van der Waals surface area contributed by atoms with Gasteiger partial charge in [-0.05, 0) is 29.9 Å². The van der Waals surface area contributed by atoms with Gasteiger partial charge in [0, 0.05) is 0 Å². The van der Waals surface area contributed by atoms with Crippen molar-refractivity contribution in [2.24, 2.45) is 0 Å². The molecular weight excluding hydrogens is 256 g/mol. The number of carbonyl (C=O) groups excluding carboxylic acids is 1. The fraction of sp³-hybridized carbons (Fsp3) is 0.273. The molecule has 1 amide bonds. The van der Waals surface area contributed by atoms with Crippen molar-refractivity contribution in [3.8, 4) is 17.2 Å². The summed E-state index contributed by atoms with van der Waals surface area (Å²) >= 11 is 4.90. The highest BCUT2D eigenvalue weighted by Crippen LogP contribution is 2.43. The van der Waals surface area contributed by atoms with Gasteiger partial charge in [0.05, 0.1) is 7.11 Å². The molecule has 0 aliphatic carbocycles. The molecule has 0 saturated carbocycles. The second-order valence-corrected chi connectivity index (χ2v) is 4.26. The SMILES string of the molecule is COc1cc(C2NC(=S)NC2=O)cc2c1OCO2. The molecule has 94 valence electrons. The minimum atomic E-state index is -0.527. The van der Waals surface area contributed by atoms with Crippen LogP contribution >= 0.6 is 12.2 Å². The molecule has 3 rings (SSSR count). The van der Waals surface area contributed by atoms with Crippen LogP contribution < -0.4 is 24.8 Å². The van der Waals surface area contributed by atoms with E-state index in [0.717, 1.165) is 0 Å². The first-order valence-corrected chi connectivity index (χ1v) is 5.69. The predicted octanol–water partition coefficient (Wildman–Crippen LogP) is 0.469. The van der Waals surface area contributed by atoms with Crippen molar-refractivity contribution in [1.29, 1.82) is 0 Å². The summed E-state index contributed by atoms with van der Waals surface area (Å²) in [6, 6.07) is 2.95. The van der Waals surface area contributed by atoms with Gasteiger partial charge in [-0.3, -0.25) is 4.79 Å². The molecule has 18 heavy (non-hydrogen) atoms. The molecule has 1 aromatic rings. The summed E-state index contributed by atoms with van der Waals surface area (Å²) < 4.78 is 15.8. The fourth-order valence-corrected chi connectivity index (χ4v) is 2.19. The molecule has 0 radical (unpaired) electrons. The van der Waals surface area contributed by atoms with Crippen molar-refractivity contribution in [3.63, 3.8) is 0 Å². The molecule has 1 unspecified atom stereocenters. The highest BCUT2D eigenvalue weighted by molar-refractivity contribution is 7.80. The number of hydrogen-bond donors (Lipinski definition) is 2. The quantitative estimate of drug-likeness (QED) is 0.758.